The van der Waals surface area contributed by atoms with E-state index in [1.165, 1.54) is 0 Å². The average Bonchev–Trinajstić information content (AvgIpc) is 2.34. The average molecular weight is 292 g/mol. The molecule has 0 unspecified atom stereocenters. The zero-order valence-corrected chi connectivity index (χ0v) is 10.6. The smallest absolute Gasteiger partial charge is 0.416 e. The maximum absolute atomic E-state index is 13.1. The minimum Gasteiger partial charge on any atom is -0.466 e. The van der Waals surface area contributed by atoms with Crippen LogP contribution in [-0.4, -0.2) is 18.4 Å². The van der Waals surface area contributed by atoms with Crippen molar-refractivity contribution < 1.29 is 31.9 Å². The molecule has 0 N–H and O–H groups in total. The van der Waals surface area contributed by atoms with E-state index in [0.29, 0.717) is 18.2 Å². The molecule has 0 aliphatic carbocycles. The van der Waals surface area contributed by atoms with E-state index in [0.717, 1.165) is 0 Å². The molecule has 0 bridgehead atoms. The molecule has 3 nitrogen and oxygen atoms in total. The van der Waals surface area contributed by atoms with E-state index >= 15 is 0 Å². The SMILES string of the molecule is CCOC(=O)CCC(=O)c1cc(F)cc(C(F)(F)F)c1. The van der Waals surface area contributed by atoms with Crippen LogP contribution in [0.15, 0.2) is 18.2 Å². The van der Waals surface area contributed by atoms with Crippen LogP contribution in [0, 0.1) is 5.82 Å². The van der Waals surface area contributed by atoms with Gasteiger partial charge in [0.2, 0.25) is 0 Å². The predicted molar refractivity (Wildman–Crippen MR) is 61.6 cm³/mol. The number of ether oxygens (including phenoxy) is 1. The highest BCUT2D eigenvalue weighted by Gasteiger charge is 2.31. The Labute approximate surface area is 112 Å². The normalized spacial score (nSPS) is 11.2. The molecule has 1 aromatic rings. The maximum atomic E-state index is 13.1. The fourth-order valence-corrected chi connectivity index (χ4v) is 1.51. The Balaban J connectivity index is 2.83. The van der Waals surface area contributed by atoms with Gasteiger partial charge in [-0.2, -0.15) is 13.2 Å². The highest BCUT2D eigenvalue weighted by molar-refractivity contribution is 5.97. The van der Waals surface area contributed by atoms with E-state index in [4.69, 9.17) is 0 Å². The first-order chi connectivity index (χ1) is 9.24. The van der Waals surface area contributed by atoms with Gasteiger partial charge in [-0.05, 0) is 25.1 Å². The zero-order chi connectivity index (χ0) is 15.3. The van der Waals surface area contributed by atoms with Crippen molar-refractivity contribution in [1.82, 2.24) is 0 Å². The van der Waals surface area contributed by atoms with Crippen molar-refractivity contribution in [3.63, 3.8) is 0 Å². The number of carbonyl (C=O) groups is 2. The van der Waals surface area contributed by atoms with Gasteiger partial charge in [0.25, 0.3) is 0 Å². The van der Waals surface area contributed by atoms with Crippen molar-refractivity contribution in [3.8, 4) is 0 Å². The molecular weight excluding hydrogens is 280 g/mol. The van der Waals surface area contributed by atoms with E-state index < -0.39 is 34.9 Å². The molecule has 0 heterocycles. The van der Waals surface area contributed by atoms with Crippen LogP contribution in [-0.2, 0) is 15.7 Å². The number of rotatable bonds is 5. The summed E-state index contributed by atoms with van der Waals surface area (Å²) in [6.45, 7) is 1.73. The van der Waals surface area contributed by atoms with E-state index in [2.05, 4.69) is 4.74 Å². The highest BCUT2D eigenvalue weighted by Crippen LogP contribution is 2.30. The molecule has 0 saturated carbocycles. The van der Waals surface area contributed by atoms with Crippen LogP contribution < -0.4 is 0 Å². The van der Waals surface area contributed by atoms with Gasteiger partial charge in [0.1, 0.15) is 5.82 Å². The summed E-state index contributed by atoms with van der Waals surface area (Å²) in [4.78, 5) is 22.7. The number of hydrogen-bond acceptors (Lipinski definition) is 3. The number of hydrogen-bond donors (Lipinski definition) is 0. The van der Waals surface area contributed by atoms with Gasteiger partial charge in [0.15, 0.2) is 5.78 Å². The molecule has 1 rings (SSSR count). The quantitative estimate of drug-likeness (QED) is 0.475. The first kappa shape index (κ1) is 16.1. The van der Waals surface area contributed by atoms with Crippen LogP contribution in [0.3, 0.4) is 0 Å². The summed E-state index contributed by atoms with van der Waals surface area (Å²) in [7, 11) is 0. The second-order valence-electron chi connectivity index (χ2n) is 3.95. The Kier molecular flexibility index (Phi) is 5.24. The lowest BCUT2D eigenvalue weighted by Crippen LogP contribution is -2.11. The lowest BCUT2D eigenvalue weighted by Gasteiger charge is -2.09. The molecule has 0 amide bonds. The number of benzene rings is 1. The van der Waals surface area contributed by atoms with Crippen LogP contribution in [0.25, 0.3) is 0 Å². The maximum Gasteiger partial charge on any atom is 0.416 e. The van der Waals surface area contributed by atoms with Gasteiger partial charge in [-0.25, -0.2) is 4.39 Å². The lowest BCUT2D eigenvalue weighted by atomic mass is 10.0. The van der Waals surface area contributed by atoms with Crippen LogP contribution in [0.4, 0.5) is 17.6 Å². The third kappa shape index (κ3) is 4.64. The molecule has 0 fully saturated rings. The first-order valence-corrected chi connectivity index (χ1v) is 5.80. The van der Waals surface area contributed by atoms with E-state index in [1.807, 2.05) is 0 Å². The first-order valence-electron chi connectivity index (χ1n) is 5.80. The monoisotopic (exact) mass is 292 g/mol. The molecule has 20 heavy (non-hydrogen) atoms. The summed E-state index contributed by atoms with van der Waals surface area (Å²) in [5, 5.41) is 0. The molecule has 1 aromatic carbocycles. The van der Waals surface area contributed by atoms with Crippen molar-refractivity contribution in [1.29, 1.82) is 0 Å². The van der Waals surface area contributed by atoms with Crippen LogP contribution in [0.1, 0.15) is 35.7 Å². The van der Waals surface area contributed by atoms with Crippen molar-refractivity contribution >= 4 is 11.8 Å². The third-order valence-corrected chi connectivity index (χ3v) is 2.41. The molecule has 0 spiro atoms. The summed E-state index contributed by atoms with van der Waals surface area (Å²) in [5.41, 5.74) is -1.65. The van der Waals surface area contributed by atoms with Gasteiger partial charge in [0.05, 0.1) is 18.6 Å². The third-order valence-electron chi connectivity index (χ3n) is 2.41. The van der Waals surface area contributed by atoms with Crippen molar-refractivity contribution in [2.45, 2.75) is 25.9 Å². The molecular formula is C13H12F4O3. The second kappa shape index (κ2) is 6.49. The van der Waals surface area contributed by atoms with Gasteiger partial charge in [-0.3, -0.25) is 9.59 Å². The second-order valence-corrected chi connectivity index (χ2v) is 3.95. The summed E-state index contributed by atoms with van der Waals surface area (Å²) < 4.78 is 55.1. The van der Waals surface area contributed by atoms with Crippen LogP contribution >= 0.6 is 0 Å². The van der Waals surface area contributed by atoms with Gasteiger partial charge in [-0.1, -0.05) is 0 Å². The summed E-state index contributed by atoms with van der Waals surface area (Å²) in [5.74, 6) is -2.53. The number of halogens is 4. The Hall–Kier alpha value is -1.92. The molecule has 0 aliphatic heterocycles. The Morgan fingerprint density at radius 2 is 1.80 bits per heavy atom. The number of esters is 1. The minimum atomic E-state index is -4.74. The molecule has 0 aromatic heterocycles. The molecule has 0 aliphatic rings. The standard InChI is InChI=1S/C13H12F4O3/c1-2-20-12(19)4-3-11(18)8-5-9(13(15,16)17)7-10(14)6-8/h5-7H,2-4H2,1H3. The number of Topliss-reactive ketones (excluding diaryl/α,β-unsaturated/α-hetero) is 1. The van der Waals surface area contributed by atoms with Gasteiger partial charge < -0.3 is 4.74 Å². The lowest BCUT2D eigenvalue weighted by molar-refractivity contribution is -0.143. The topological polar surface area (TPSA) is 43.4 Å². The Morgan fingerprint density at radius 1 is 1.15 bits per heavy atom. The van der Waals surface area contributed by atoms with Crippen molar-refractivity contribution in [3.05, 3.63) is 35.1 Å². The number of ketones is 1. The number of carbonyl (C=O) groups excluding carboxylic acids is 2. The number of alkyl halides is 3. The van der Waals surface area contributed by atoms with Gasteiger partial charge >= 0.3 is 12.1 Å². The molecule has 0 radical (unpaired) electrons. The molecule has 0 atom stereocenters. The Morgan fingerprint density at radius 3 is 2.35 bits per heavy atom. The minimum absolute atomic E-state index is 0.144. The van der Waals surface area contributed by atoms with Crippen LogP contribution in [0.2, 0.25) is 0 Å². The highest BCUT2D eigenvalue weighted by atomic mass is 19.4. The van der Waals surface area contributed by atoms with E-state index in [9.17, 15) is 27.2 Å². The molecule has 0 saturated heterocycles. The van der Waals surface area contributed by atoms with E-state index in [-0.39, 0.29) is 19.4 Å². The zero-order valence-electron chi connectivity index (χ0n) is 10.6. The summed E-state index contributed by atoms with van der Waals surface area (Å²) in [6, 6.07) is 1.58. The molecule has 7 heteroatoms. The summed E-state index contributed by atoms with van der Waals surface area (Å²) >= 11 is 0. The van der Waals surface area contributed by atoms with Gasteiger partial charge in [0, 0.05) is 12.0 Å². The largest absolute Gasteiger partial charge is 0.466 e. The summed E-state index contributed by atoms with van der Waals surface area (Å²) in [6.07, 6.45) is -5.33. The fraction of sp³-hybridized carbons (Fsp3) is 0.385. The van der Waals surface area contributed by atoms with Crippen LogP contribution in [0.5, 0.6) is 0 Å². The Bertz CT molecular complexity index is 509. The fourth-order valence-electron chi connectivity index (χ4n) is 1.51. The van der Waals surface area contributed by atoms with Crippen molar-refractivity contribution in [2.24, 2.45) is 0 Å². The van der Waals surface area contributed by atoms with E-state index in [1.54, 1.807) is 6.92 Å². The molecule has 110 valence electrons. The van der Waals surface area contributed by atoms with Crippen molar-refractivity contribution in [2.75, 3.05) is 6.61 Å². The predicted octanol–water partition coefficient (Wildman–Crippen LogP) is 3.37. The van der Waals surface area contributed by atoms with Gasteiger partial charge in [-0.15, -0.1) is 0 Å².